The molecule has 0 saturated heterocycles. The van der Waals surface area contributed by atoms with Crippen LogP contribution in [0.1, 0.15) is 25.5 Å². The Morgan fingerprint density at radius 3 is 2.47 bits per heavy atom. The Kier molecular flexibility index (Phi) is 5.19. The van der Waals surface area contributed by atoms with E-state index in [0.29, 0.717) is 15.6 Å². The standard InChI is InChI=1S/C13H14Cl2N2O2/c1-13(2,7-16)12(19)17-6-10(18)11-8(14)4-3-5-9(11)15/h3-5,10,18H,6H2,1-2H3,(H,17,19)/t10-/m0/s1. The summed E-state index contributed by atoms with van der Waals surface area (Å²) in [5.41, 5.74) is -0.787. The highest BCUT2D eigenvalue weighted by Gasteiger charge is 2.27. The second-order valence-corrected chi connectivity index (χ2v) is 5.41. The molecule has 0 heterocycles. The van der Waals surface area contributed by atoms with Gasteiger partial charge in [-0.15, -0.1) is 0 Å². The highest BCUT2D eigenvalue weighted by molar-refractivity contribution is 6.36. The summed E-state index contributed by atoms with van der Waals surface area (Å²) in [6, 6.07) is 6.75. The maximum atomic E-state index is 11.7. The van der Waals surface area contributed by atoms with Gasteiger partial charge in [0, 0.05) is 22.2 Å². The molecule has 1 aromatic carbocycles. The molecule has 0 aliphatic rings. The minimum atomic E-state index is -1.15. The van der Waals surface area contributed by atoms with Crippen LogP contribution in [0.3, 0.4) is 0 Å². The van der Waals surface area contributed by atoms with Gasteiger partial charge in [0.1, 0.15) is 5.41 Å². The zero-order valence-electron chi connectivity index (χ0n) is 10.6. The molecule has 0 spiro atoms. The van der Waals surface area contributed by atoms with Gasteiger partial charge in [0.05, 0.1) is 12.2 Å². The zero-order chi connectivity index (χ0) is 14.6. The Morgan fingerprint density at radius 2 is 2.00 bits per heavy atom. The molecule has 0 aromatic heterocycles. The van der Waals surface area contributed by atoms with E-state index in [9.17, 15) is 9.90 Å². The molecule has 0 bridgehead atoms. The lowest BCUT2D eigenvalue weighted by Crippen LogP contribution is -2.38. The predicted molar refractivity (Wildman–Crippen MR) is 73.8 cm³/mol. The summed E-state index contributed by atoms with van der Waals surface area (Å²) in [6.45, 7) is 2.93. The molecule has 19 heavy (non-hydrogen) atoms. The van der Waals surface area contributed by atoms with Crippen molar-refractivity contribution in [2.75, 3.05) is 6.54 Å². The molecule has 1 rings (SSSR count). The first-order chi connectivity index (χ1) is 8.79. The average molecular weight is 301 g/mol. The molecule has 0 saturated carbocycles. The van der Waals surface area contributed by atoms with E-state index in [0.717, 1.165) is 0 Å². The number of benzene rings is 1. The van der Waals surface area contributed by atoms with Crippen molar-refractivity contribution in [1.29, 1.82) is 5.26 Å². The third kappa shape index (κ3) is 3.84. The Labute approximate surface area is 121 Å². The monoisotopic (exact) mass is 300 g/mol. The zero-order valence-corrected chi connectivity index (χ0v) is 12.1. The molecular formula is C13H14Cl2N2O2. The van der Waals surface area contributed by atoms with Crippen molar-refractivity contribution in [3.8, 4) is 6.07 Å². The molecule has 0 aliphatic carbocycles. The summed E-state index contributed by atoms with van der Waals surface area (Å²) in [6.07, 6.45) is -1.03. The molecule has 1 aromatic rings. The van der Waals surface area contributed by atoms with Gasteiger partial charge in [0.15, 0.2) is 0 Å². The minimum absolute atomic E-state index is 0.0621. The van der Waals surface area contributed by atoms with E-state index in [2.05, 4.69) is 5.32 Å². The van der Waals surface area contributed by atoms with Gasteiger partial charge in [-0.3, -0.25) is 4.79 Å². The molecule has 0 radical (unpaired) electrons. The summed E-state index contributed by atoms with van der Waals surface area (Å²) >= 11 is 11.9. The van der Waals surface area contributed by atoms with Crippen LogP contribution >= 0.6 is 23.2 Å². The van der Waals surface area contributed by atoms with Crippen LogP contribution in [0.2, 0.25) is 10.0 Å². The van der Waals surface area contributed by atoms with Crippen molar-refractivity contribution in [2.45, 2.75) is 20.0 Å². The molecule has 4 nitrogen and oxygen atoms in total. The van der Waals surface area contributed by atoms with Gasteiger partial charge in [-0.25, -0.2) is 0 Å². The van der Waals surface area contributed by atoms with Crippen LogP contribution in [0.15, 0.2) is 18.2 Å². The number of carbonyl (C=O) groups excluding carboxylic acids is 1. The second-order valence-electron chi connectivity index (χ2n) is 4.60. The molecule has 6 heteroatoms. The molecule has 2 N–H and O–H groups in total. The topological polar surface area (TPSA) is 73.1 Å². The molecular weight excluding hydrogens is 287 g/mol. The van der Waals surface area contributed by atoms with Crippen molar-refractivity contribution in [2.24, 2.45) is 5.41 Å². The lowest BCUT2D eigenvalue weighted by molar-refractivity contribution is -0.127. The number of rotatable bonds is 4. The first kappa shape index (κ1) is 15.8. The van der Waals surface area contributed by atoms with Gasteiger partial charge in [-0.1, -0.05) is 29.3 Å². The van der Waals surface area contributed by atoms with Gasteiger partial charge < -0.3 is 10.4 Å². The number of amides is 1. The largest absolute Gasteiger partial charge is 0.386 e. The van der Waals surface area contributed by atoms with Crippen molar-refractivity contribution < 1.29 is 9.90 Å². The van der Waals surface area contributed by atoms with E-state index in [1.54, 1.807) is 18.2 Å². The number of aliphatic hydroxyl groups excluding tert-OH is 1. The van der Waals surface area contributed by atoms with Crippen LogP contribution in [0.5, 0.6) is 0 Å². The smallest absolute Gasteiger partial charge is 0.240 e. The quantitative estimate of drug-likeness (QED) is 0.898. The SMILES string of the molecule is CC(C)(C#N)C(=O)NC[C@H](O)c1c(Cl)cccc1Cl. The molecule has 0 unspecified atom stereocenters. The number of nitrogens with one attached hydrogen (secondary N) is 1. The summed E-state index contributed by atoms with van der Waals surface area (Å²) in [7, 11) is 0. The van der Waals surface area contributed by atoms with Gasteiger partial charge in [-0.05, 0) is 26.0 Å². The Bertz CT molecular complexity index is 504. The first-order valence-electron chi connectivity index (χ1n) is 5.61. The van der Waals surface area contributed by atoms with E-state index in [4.69, 9.17) is 28.5 Å². The van der Waals surface area contributed by atoms with E-state index in [1.807, 2.05) is 6.07 Å². The average Bonchev–Trinajstić information content (AvgIpc) is 2.35. The third-order valence-electron chi connectivity index (χ3n) is 2.64. The highest BCUT2D eigenvalue weighted by Crippen LogP contribution is 2.30. The predicted octanol–water partition coefficient (Wildman–Crippen LogP) is 2.69. The minimum Gasteiger partial charge on any atom is -0.386 e. The van der Waals surface area contributed by atoms with Crippen LogP contribution in [-0.2, 0) is 4.79 Å². The molecule has 0 fully saturated rings. The van der Waals surface area contributed by atoms with Gasteiger partial charge in [-0.2, -0.15) is 5.26 Å². The van der Waals surface area contributed by atoms with Crippen molar-refractivity contribution in [3.63, 3.8) is 0 Å². The van der Waals surface area contributed by atoms with E-state index >= 15 is 0 Å². The van der Waals surface area contributed by atoms with Crippen molar-refractivity contribution >= 4 is 29.1 Å². The third-order valence-corrected chi connectivity index (χ3v) is 3.30. The second kappa shape index (κ2) is 6.25. The van der Waals surface area contributed by atoms with Crippen LogP contribution in [-0.4, -0.2) is 17.6 Å². The van der Waals surface area contributed by atoms with Gasteiger partial charge >= 0.3 is 0 Å². The lowest BCUT2D eigenvalue weighted by Gasteiger charge is -2.19. The number of aliphatic hydroxyl groups is 1. The summed E-state index contributed by atoms with van der Waals surface area (Å²) in [5, 5.41) is 22.0. The van der Waals surface area contributed by atoms with E-state index < -0.39 is 17.4 Å². The number of nitriles is 1. The maximum absolute atomic E-state index is 11.7. The number of hydrogen-bond acceptors (Lipinski definition) is 3. The van der Waals surface area contributed by atoms with E-state index in [-0.39, 0.29) is 6.54 Å². The fourth-order valence-corrected chi connectivity index (χ4v) is 2.04. The molecule has 1 atom stereocenters. The normalized spacial score (nSPS) is 12.6. The number of nitrogens with zero attached hydrogens (tertiary/aromatic N) is 1. The van der Waals surface area contributed by atoms with Crippen molar-refractivity contribution in [1.82, 2.24) is 5.32 Å². The molecule has 102 valence electrons. The van der Waals surface area contributed by atoms with Crippen molar-refractivity contribution in [3.05, 3.63) is 33.8 Å². The Hall–Kier alpha value is -1.28. The number of halogens is 2. The van der Waals surface area contributed by atoms with Crippen LogP contribution < -0.4 is 5.32 Å². The fraction of sp³-hybridized carbons (Fsp3) is 0.385. The van der Waals surface area contributed by atoms with Crippen LogP contribution in [0, 0.1) is 16.7 Å². The summed E-state index contributed by atoms with van der Waals surface area (Å²) < 4.78 is 0. The Balaban J connectivity index is 2.75. The lowest BCUT2D eigenvalue weighted by atomic mass is 9.94. The molecule has 0 aliphatic heterocycles. The summed E-state index contributed by atoms with van der Waals surface area (Å²) in [4.78, 5) is 11.7. The van der Waals surface area contributed by atoms with Gasteiger partial charge in [0.2, 0.25) is 5.91 Å². The Morgan fingerprint density at radius 1 is 1.47 bits per heavy atom. The van der Waals surface area contributed by atoms with Crippen LogP contribution in [0.4, 0.5) is 0 Å². The van der Waals surface area contributed by atoms with Gasteiger partial charge in [0.25, 0.3) is 0 Å². The first-order valence-corrected chi connectivity index (χ1v) is 6.36. The van der Waals surface area contributed by atoms with Crippen LogP contribution in [0.25, 0.3) is 0 Å². The number of hydrogen-bond donors (Lipinski definition) is 2. The highest BCUT2D eigenvalue weighted by atomic mass is 35.5. The maximum Gasteiger partial charge on any atom is 0.240 e. The summed E-state index contributed by atoms with van der Waals surface area (Å²) in [5.74, 6) is -0.461. The fourth-order valence-electron chi connectivity index (χ4n) is 1.39. The molecule has 1 amide bonds. The van der Waals surface area contributed by atoms with E-state index in [1.165, 1.54) is 13.8 Å². The number of carbonyl (C=O) groups is 1.